The number of carbonyl (C=O) groups is 1. The molecule has 0 bridgehead atoms. The number of nitrogens with zero attached hydrogens (tertiary/aromatic N) is 3. The van der Waals surface area contributed by atoms with Crippen molar-refractivity contribution in [3.05, 3.63) is 52.2 Å². The van der Waals surface area contributed by atoms with E-state index >= 15 is 0 Å². The highest BCUT2D eigenvalue weighted by Crippen LogP contribution is 2.26. The van der Waals surface area contributed by atoms with Crippen LogP contribution in [0, 0.1) is 0 Å². The Balaban J connectivity index is 1.71. The molecule has 0 fully saturated rings. The fourth-order valence-electron chi connectivity index (χ4n) is 1.94. The van der Waals surface area contributed by atoms with Gasteiger partial charge in [0, 0.05) is 12.6 Å². The zero-order valence-electron chi connectivity index (χ0n) is 12.0. The van der Waals surface area contributed by atoms with Gasteiger partial charge < -0.3 is 8.98 Å². The molecule has 8 heteroatoms. The van der Waals surface area contributed by atoms with Crippen molar-refractivity contribution in [1.29, 1.82) is 0 Å². The first kappa shape index (κ1) is 16.1. The van der Waals surface area contributed by atoms with E-state index in [1.807, 2.05) is 7.05 Å². The first-order valence-electron chi connectivity index (χ1n) is 6.60. The summed E-state index contributed by atoms with van der Waals surface area (Å²) in [5, 5.41) is 9.58. The van der Waals surface area contributed by atoms with Crippen molar-refractivity contribution in [1.82, 2.24) is 14.8 Å². The summed E-state index contributed by atoms with van der Waals surface area (Å²) in [6, 6.07) is 8.42. The summed E-state index contributed by atoms with van der Waals surface area (Å²) in [6.07, 6.45) is 1.57. The Morgan fingerprint density at radius 2 is 2.09 bits per heavy atom. The Morgan fingerprint density at radius 3 is 2.78 bits per heavy atom. The van der Waals surface area contributed by atoms with Gasteiger partial charge in [-0.05, 0) is 30.3 Å². The lowest BCUT2D eigenvalue weighted by Crippen LogP contribution is -2.04. The number of thioether (sulfide) groups is 1. The van der Waals surface area contributed by atoms with Crippen molar-refractivity contribution in [3.63, 3.8) is 0 Å². The summed E-state index contributed by atoms with van der Waals surface area (Å²) in [4.78, 5) is 12.2. The molecule has 0 spiro atoms. The number of carbonyl (C=O) groups excluding carboxylic acids is 1. The SMILES string of the molecule is Cn1c(SCC(=O)c2ccc(Cl)c(Cl)c2)nnc1-c1ccco1. The van der Waals surface area contributed by atoms with Gasteiger partial charge in [0.15, 0.2) is 22.5 Å². The van der Waals surface area contributed by atoms with Gasteiger partial charge in [-0.3, -0.25) is 4.79 Å². The van der Waals surface area contributed by atoms with Gasteiger partial charge in [-0.1, -0.05) is 35.0 Å². The second-order valence-corrected chi connectivity index (χ2v) is 6.44. The van der Waals surface area contributed by atoms with E-state index in [0.717, 1.165) is 0 Å². The molecular weight excluding hydrogens is 357 g/mol. The largest absolute Gasteiger partial charge is 0.461 e. The molecule has 0 aliphatic rings. The van der Waals surface area contributed by atoms with Gasteiger partial charge in [-0.2, -0.15) is 0 Å². The minimum Gasteiger partial charge on any atom is -0.461 e. The summed E-state index contributed by atoms with van der Waals surface area (Å²) >= 11 is 13.1. The van der Waals surface area contributed by atoms with E-state index in [1.54, 1.807) is 41.2 Å². The Morgan fingerprint density at radius 1 is 1.26 bits per heavy atom. The molecule has 2 heterocycles. The lowest BCUT2D eigenvalue weighted by Gasteiger charge is -2.03. The molecule has 0 radical (unpaired) electrons. The highest BCUT2D eigenvalue weighted by Gasteiger charge is 2.15. The van der Waals surface area contributed by atoms with Crippen molar-refractivity contribution < 1.29 is 9.21 Å². The van der Waals surface area contributed by atoms with Crippen LogP contribution in [-0.2, 0) is 7.05 Å². The van der Waals surface area contributed by atoms with Crippen molar-refractivity contribution in [3.8, 4) is 11.6 Å². The summed E-state index contributed by atoms with van der Waals surface area (Å²) < 4.78 is 7.09. The number of hydrogen-bond acceptors (Lipinski definition) is 5. The number of aromatic nitrogens is 3. The van der Waals surface area contributed by atoms with Crippen LogP contribution in [0.4, 0.5) is 0 Å². The molecule has 0 N–H and O–H groups in total. The second-order valence-electron chi connectivity index (χ2n) is 4.68. The van der Waals surface area contributed by atoms with Crippen molar-refractivity contribution in [2.75, 3.05) is 5.75 Å². The quantitative estimate of drug-likeness (QED) is 0.495. The van der Waals surface area contributed by atoms with Crippen LogP contribution < -0.4 is 0 Å². The zero-order chi connectivity index (χ0) is 16.4. The Labute approximate surface area is 146 Å². The molecular formula is C15H11Cl2N3O2S. The molecule has 5 nitrogen and oxygen atoms in total. The van der Waals surface area contributed by atoms with Crippen LogP contribution in [0.3, 0.4) is 0 Å². The summed E-state index contributed by atoms with van der Waals surface area (Å²) in [6.45, 7) is 0. The van der Waals surface area contributed by atoms with E-state index in [1.165, 1.54) is 11.8 Å². The van der Waals surface area contributed by atoms with Crippen molar-refractivity contribution in [2.24, 2.45) is 7.05 Å². The van der Waals surface area contributed by atoms with E-state index in [0.29, 0.717) is 32.3 Å². The van der Waals surface area contributed by atoms with Crippen LogP contribution in [0.15, 0.2) is 46.2 Å². The maximum absolute atomic E-state index is 12.2. The number of hydrogen-bond donors (Lipinski definition) is 0. The monoisotopic (exact) mass is 367 g/mol. The molecule has 118 valence electrons. The topological polar surface area (TPSA) is 60.9 Å². The smallest absolute Gasteiger partial charge is 0.200 e. The van der Waals surface area contributed by atoms with Crippen molar-refractivity contribution >= 4 is 40.7 Å². The van der Waals surface area contributed by atoms with Gasteiger partial charge in [0.2, 0.25) is 0 Å². The summed E-state index contributed by atoms with van der Waals surface area (Å²) in [7, 11) is 1.82. The highest BCUT2D eigenvalue weighted by atomic mass is 35.5. The highest BCUT2D eigenvalue weighted by molar-refractivity contribution is 7.99. The van der Waals surface area contributed by atoms with Gasteiger partial charge in [-0.15, -0.1) is 10.2 Å². The normalized spacial score (nSPS) is 10.9. The average molecular weight is 368 g/mol. The minimum atomic E-state index is -0.0592. The molecule has 0 aliphatic heterocycles. The minimum absolute atomic E-state index is 0.0592. The molecule has 3 rings (SSSR count). The zero-order valence-corrected chi connectivity index (χ0v) is 14.3. The molecule has 0 saturated carbocycles. The van der Waals surface area contributed by atoms with Crippen LogP contribution in [0.25, 0.3) is 11.6 Å². The van der Waals surface area contributed by atoms with Crippen LogP contribution in [0.5, 0.6) is 0 Å². The lowest BCUT2D eigenvalue weighted by molar-refractivity contribution is 0.102. The van der Waals surface area contributed by atoms with Gasteiger partial charge >= 0.3 is 0 Å². The number of halogens is 2. The number of ketones is 1. The van der Waals surface area contributed by atoms with E-state index < -0.39 is 0 Å². The average Bonchev–Trinajstić information content (AvgIpc) is 3.17. The molecule has 0 saturated heterocycles. The van der Waals surface area contributed by atoms with Crippen LogP contribution >= 0.6 is 35.0 Å². The van der Waals surface area contributed by atoms with E-state index in [-0.39, 0.29) is 11.5 Å². The van der Waals surface area contributed by atoms with E-state index in [2.05, 4.69) is 10.2 Å². The third-order valence-electron chi connectivity index (χ3n) is 3.15. The molecule has 23 heavy (non-hydrogen) atoms. The molecule has 0 amide bonds. The summed E-state index contributed by atoms with van der Waals surface area (Å²) in [5.74, 6) is 1.40. The lowest BCUT2D eigenvalue weighted by atomic mass is 10.1. The Kier molecular flexibility index (Phi) is 4.75. The number of rotatable bonds is 5. The predicted molar refractivity (Wildman–Crippen MR) is 90.2 cm³/mol. The fourth-order valence-corrected chi connectivity index (χ4v) is 3.05. The molecule has 0 atom stereocenters. The molecule has 1 aromatic carbocycles. The Hall–Kier alpha value is -1.76. The van der Waals surface area contributed by atoms with Crippen molar-refractivity contribution in [2.45, 2.75) is 5.16 Å². The van der Waals surface area contributed by atoms with Gasteiger partial charge in [0.05, 0.1) is 22.1 Å². The van der Waals surface area contributed by atoms with Gasteiger partial charge in [0.25, 0.3) is 0 Å². The van der Waals surface area contributed by atoms with Gasteiger partial charge in [0.1, 0.15) is 0 Å². The number of furan rings is 1. The predicted octanol–water partition coefficient (Wildman–Crippen LogP) is 4.36. The van der Waals surface area contributed by atoms with E-state index in [9.17, 15) is 4.79 Å². The van der Waals surface area contributed by atoms with Crippen LogP contribution in [-0.4, -0.2) is 26.3 Å². The standard InChI is InChI=1S/C15H11Cl2N3O2S/c1-20-14(13-3-2-6-22-13)18-19-15(20)23-8-12(21)9-4-5-10(16)11(17)7-9/h2-7H,8H2,1H3. The van der Waals surface area contributed by atoms with E-state index in [4.69, 9.17) is 27.6 Å². The maximum Gasteiger partial charge on any atom is 0.200 e. The molecule has 3 aromatic rings. The third kappa shape index (κ3) is 3.44. The summed E-state index contributed by atoms with van der Waals surface area (Å²) in [5.41, 5.74) is 0.514. The maximum atomic E-state index is 12.2. The first-order valence-corrected chi connectivity index (χ1v) is 8.34. The fraction of sp³-hybridized carbons (Fsp3) is 0.133. The number of Topliss-reactive ketones (excluding diaryl/α,β-unsaturated/α-hetero) is 1. The molecule has 2 aromatic heterocycles. The van der Waals surface area contributed by atoms with Crippen LogP contribution in [0.2, 0.25) is 10.0 Å². The molecule has 0 aliphatic carbocycles. The van der Waals surface area contributed by atoms with Crippen LogP contribution in [0.1, 0.15) is 10.4 Å². The molecule has 0 unspecified atom stereocenters. The number of benzene rings is 1. The second kappa shape index (κ2) is 6.78. The van der Waals surface area contributed by atoms with Gasteiger partial charge in [-0.25, -0.2) is 0 Å². The Bertz CT molecular complexity index is 847. The first-order chi connectivity index (χ1) is 11.1. The third-order valence-corrected chi connectivity index (χ3v) is 4.91.